The molecule has 0 bridgehead atoms. The van der Waals surface area contributed by atoms with Crippen LogP contribution in [0, 0.1) is 18.3 Å². The minimum absolute atomic E-state index is 0.0211. The Morgan fingerprint density at radius 1 is 1.31 bits per heavy atom. The first kappa shape index (κ1) is 18.8. The quantitative estimate of drug-likeness (QED) is 0.830. The summed E-state index contributed by atoms with van der Waals surface area (Å²) in [5.74, 6) is 0.881. The molecule has 6 heteroatoms. The lowest BCUT2D eigenvalue weighted by Gasteiger charge is -2.48. The zero-order valence-corrected chi connectivity index (χ0v) is 16.2. The van der Waals surface area contributed by atoms with E-state index >= 15 is 0 Å². The van der Waals surface area contributed by atoms with Gasteiger partial charge in [0.05, 0.1) is 11.3 Å². The predicted molar refractivity (Wildman–Crippen MR) is 99.6 cm³/mol. The van der Waals surface area contributed by atoms with E-state index in [1.807, 2.05) is 16.7 Å². The van der Waals surface area contributed by atoms with E-state index < -0.39 is 0 Å². The third-order valence-corrected chi connectivity index (χ3v) is 5.82. The molecule has 142 valence electrons. The molecule has 2 saturated heterocycles. The molecule has 0 aromatic carbocycles. The molecule has 1 spiro atoms. The summed E-state index contributed by atoms with van der Waals surface area (Å²) in [7, 11) is 0. The first-order valence-corrected chi connectivity index (χ1v) is 9.74. The fourth-order valence-corrected chi connectivity index (χ4v) is 4.21. The Morgan fingerprint density at radius 2 is 2.12 bits per heavy atom. The Kier molecular flexibility index (Phi) is 5.58. The second-order valence-electron chi connectivity index (χ2n) is 8.35. The smallest absolute Gasteiger partial charge is 0.257 e. The topological polar surface area (TPSA) is 66.4 Å². The molecule has 0 saturated carbocycles. The fourth-order valence-electron chi connectivity index (χ4n) is 4.21. The van der Waals surface area contributed by atoms with Gasteiger partial charge in [-0.2, -0.15) is 0 Å². The minimum Gasteiger partial charge on any atom is -0.342 e. The number of carbonyl (C=O) groups is 2. The third kappa shape index (κ3) is 4.05. The van der Waals surface area contributed by atoms with Crippen LogP contribution >= 0.6 is 0 Å². The van der Waals surface area contributed by atoms with E-state index in [2.05, 4.69) is 23.8 Å². The number of piperidine rings is 2. The summed E-state index contributed by atoms with van der Waals surface area (Å²) in [5, 5.41) is 0. The van der Waals surface area contributed by atoms with Gasteiger partial charge in [-0.05, 0) is 38.5 Å². The molecule has 1 atom stereocenters. The molecule has 2 aliphatic rings. The molecule has 0 aliphatic carbocycles. The summed E-state index contributed by atoms with van der Waals surface area (Å²) in [4.78, 5) is 37.5. The molecule has 2 fully saturated rings. The van der Waals surface area contributed by atoms with Crippen LogP contribution in [0.1, 0.15) is 62.0 Å². The lowest BCUT2D eigenvalue weighted by Crippen LogP contribution is -2.55. The second-order valence-corrected chi connectivity index (χ2v) is 8.35. The Balaban J connectivity index is 1.71. The summed E-state index contributed by atoms with van der Waals surface area (Å²) >= 11 is 0. The van der Waals surface area contributed by atoms with E-state index in [0.29, 0.717) is 17.9 Å². The zero-order valence-electron chi connectivity index (χ0n) is 16.2. The molecule has 1 aromatic rings. The van der Waals surface area contributed by atoms with Gasteiger partial charge in [-0.25, -0.2) is 9.97 Å². The van der Waals surface area contributed by atoms with Crippen molar-refractivity contribution in [3.63, 3.8) is 0 Å². The molecular weight excluding hydrogens is 328 g/mol. The van der Waals surface area contributed by atoms with Crippen LogP contribution < -0.4 is 0 Å². The minimum atomic E-state index is 0.0211. The van der Waals surface area contributed by atoms with E-state index in [9.17, 15) is 9.59 Å². The number of aryl methyl sites for hydroxylation is 1. The first-order chi connectivity index (χ1) is 12.4. The second kappa shape index (κ2) is 7.72. The van der Waals surface area contributed by atoms with Gasteiger partial charge >= 0.3 is 0 Å². The molecule has 1 aromatic heterocycles. The van der Waals surface area contributed by atoms with Crippen LogP contribution in [0.3, 0.4) is 0 Å². The number of amides is 2. The van der Waals surface area contributed by atoms with Gasteiger partial charge in [0.1, 0.15) is 6.33 Å². The van der Waals surface area contributed by atoms with Crippen molar-refractivity contribution >= 4 is 11.8 Å². The van der Waals surface area contributed by atoms with Crippen LogP contribution in [-0.2, 0) is 4.79 Å². The number of hydrogen-bond donors (Lipinski definition) is 0. The Bertz CT molecular complexity index is 676. The molecule has 26 heavy (non-hydrogen) atoms. The number of likely N-dealkylation sites (tertiary alicyclic amines) is 2. The van der Waals surface area contributed by atoms with Crippen molar-refractivity contribution in [3.05, 3.63) is 23.8 Å². The molecule has 0 unspecified atom stereocenters. The average Bonchev–Trinajstić information content (AvgIpc) is 2.63. The number of nitrogens with zero attached hydrogens (tertiary/aromatic N) is 4. The fraction of sp³-hybridized carbons (Fsp3) is 0.700. The van der Waals surface area contributed by atoms with Crippen molar-refractivity contribution in [1.82, 2.24) is 19.8 Å². The van der Waals surface area contributed by atoms with Crippen molar-refractivity contribution < 1.29 is 9.59 Å². The maximum Gasteiger partial charge on any atom is 0.257 e. The van der Waals surface area contributed by atoms with E-state index in [1.54, 1.807) is 6.20 Å². The van der Waals surface area contributed by atoms with Gasteiger partial charge in [0, 0.05) is 44.2 Å². The Morgan fingerprint density at radius 3 is 2.85 bits per heavy atom. The molecule has 0 radical (unpaired) electrons. The SMILES string of the molecule is Cc1ncncc1C(=O)N1CCC[C@]2(CCC(=O)N(CCC(C)C)C2)C1. The normalized spacial score (nSPS) is 23.8. The number of hydrogen-bond acceptors (Lipinski definition) is 4. The largest absolute Gasteiger partial charge is 0.342 e. The summed E-state index contributed by atoms with van der Waals surface area (Å²) < 4.78 is 0. The monoisotopic (exact) mass is 358 g/mol. The standard InChI is InChI=1S/C20H30N4O2/c1-15(2)6-10-23-12-20(8-5-18(23)25)7-4-9-24(13-20)19(26)17-11-21-14-22-16(17)3/h11,14-15H,4-10,12-13H2,1-3H3/t20-/m1/s1. The van der Waals surface area contributed by atoms with Crippen molar-refractivity contribution in [3.8, 4) is 0 Å². The highest BCUT2D eigenvalue weighted by Gasteiger charge is 2.42. The number of aromatic nitrogens is 2. The van der Waals surface area contributed by atoms with Crippen LogP contribution in [0.2, 0.25) is 0 Å². The molecule has 3 heterocycles. The number of rotatable bonds is 4. The lowest BCUT2D eigenvalue weighted by atomic mass is 9.73. The van der Waals surface area contributed by atoms with Crippen LogP contribution in [0.5, 0.6) is 0 Å². The van der Waals surface area contributed by atoms with Gasteiger partial charge in [-0.1, -0.05) is 13.8 Å². The third-order valence-electron chi connectivity index (χ3n) is 5.82. The molecule has 2 amide bonds. The van der Waals surface area contributed by atoms with Crippen LogP contribution in [0.25, 0.3) is 0 Å². The van der Waals surface area contributed by atoms with E-state index in [1.165, 1.54) is 6.33 Å². The Hall–Kier alpha value is -1.98. The zero-order chi connectivity index (χ0) is 18.7. The van der Waals surface area contributed by atoms with Crippen molar-refractivity contribution in [2.75, 3.05) is 26.2 Å². The molecule has 2 aliphatic heterocycles. The molecular formula is C20H30N4O2. The van der Waals surface area contributed by atoms with E-state index in [-0.39, 0.29) is 17.2 Å². The average molecular weight is 358 g/mol. The highest BCUT2D eigenvalue weighted by atomic mass is 16.2. The summed E-state index contributed by atoms with van der Waals surface area (Å²) in [6.45, 7) is 9.34. The maximum atomic E-state index is 13.0. The summed E-state index contributed by atoms with van der Waals surface area (Å²) in [6.07, 6.45) is 7.70. The predicted octanol–water partition coefficient (Wildman–Crippen LogP) is 2.68. The van der Waals surface area contributed by atoms with Crippen molar-refractivity contribution in [1.29, 1.82) is 0 Å². The molecule has 0 N–H and O–H groups in total. The Labute approximate surface area is 156 Å². The molecule has 6 nitrogen and oxygen atoms in total. The lowest BCUT2D eigenvalue weighted by molar-refractivity contribution is -0.139. The van der Waals surface area contributed by atoms with E-state index in [0.717, 1.165) is 57.6 Å². The van der Waals surface area contributed by atoms with Crippen LogP contribution in [-0.4, -0.2) is 57.8 Å². The first-order valence-electron chi connectivity index (χ1n) is 9.74. The van der Waals surface area contributed by atoms with Crippen molar-refractivity contribution in [2.24, 2.45) is 11.3 Å². The van der Waals surface area contributed by atoms with E-state index in [4.69, 9.17) is 0 Å². The van der Waals surface area contributed by atoms with Gasteiger partial charge in [0.2, 0.25) is 5.91 Å². The van der Waals surface area contributed by atoms with Crippen LogP contribution in [0.4, 0.5) is 0 Å². The molecule has 3 rings (SSSR count). The van der Waals surface area contributed by atoms with Crippen LogP contribution in [0.15, 0.2) is 12.5 Å². The highest BCUT2D eigenvalue weighted by molar-refractivity contribution is 5.95. The van der Waals surface area contributed by atoms with Gasteiger partial charge in [-0.3, -0.25) is 9.59 Å². The maximum absolute atomic E-state index is 13.0. The van der Waals surface area contributed by atoms with Gasteiger partial charge < -0.3 is 9.80 Å². The summed E-state index contributed by atoms with van der Waals surface area (Å²) in [6, 6.07) is 0. The van der Waals surface area contributed by atoms with Crippen molar-refractivity contribution in [2.45, 2.75) is 52.9 Å². The van der Waals surface area contributed by atoms with Gasteiger partial charge in [0.25, 0.3) is 5.91 Å². The summed E-state index contributed by atoms with van der Waals surface area (Å²) in [5.41, 5.74) is 1.36. The van der Waals surface area contributed by atoms with Gasteiger partial charge in [0.15, 0.2) is 0 Å². The highest BCUT2D eigenvalue weighted by Crippen LogP contribution is 2.39. The van der Waals surface area contributed by atoms with Gasteiger partial charge in [-0.15, -0.1) is 0 Å². The number of carbonyl (C=O) groups excluding carboxylic acids is 2.